The van der Waals surface area contributed by atoms with Crippen molar-refractivity contribution in [3.63, 3.8) is 0 Å². The number of thiophene rings is 1. The van der Waals surface area contributed by atoms with Crippen LogP contribution in [0, 0.1) is 0 Å². The summed E-state index contributed by atoms with van der Waals surface area (Å²) in [5, 5.41) is 2.00. The molecule has 0 amide bonds. The Morgan fingerprint density at radius 1 is 1.50 bits per heavy atom. The molecule has 4 heteroatoms. The minimum absolute atomic E-state index is 0. The Morgan fingerprint density at radius 2 is 2.10 bits per heavy atom. The standard InChI is InChI=1S/C6H10OSSi.Na/c1-9(2,7)6-4-3-5-8-6;/h3-5,7H,1-2H3;. The predicted molar refractivity (Wildman–Crippen MR) is 49.4 cm³/mol. The third-order valence-electron chi connectivity index (χ3n) is 1.12. The van der Waals surface area contributed by atoms with E-state index in [1.54, 1.807) is 11.3 Å². The second kappa shape index (κ2) is 4.04. The van der Waals surface area contributed by atoms with E-state index in [1.165, 1.54) is 0 Å². The van der Waals surface area contributed by atoms with Gasteiger partial charge in [-0.15, -0.1) is 0 Å². The van der Waals surface area contributed by atoms with Gasteiger partial charge in [0, 0.05) is 34.1 Å². The van der Waals surface area contributed by atoms with E-state index in [0.29, 0.717) is 0 Å². The molecule has 1 aromatic rings. The fraction of sp³-hybridized carbons (Fsp3) is 0.333. The molecule has 1 N–H and O–H groups in total. The fourth-order valence-electron chi connectivity index (χ4n) is 0.627. The van der Waals surface area contributed by atoms with Gasteiger partial charge in [0.25, 0.3) is 0 Å². The summed E-state index contributed by atoms with van der Waals surface area (Å²) in [5.41, 5.74) is 0. The molecule has 0 aliphatic heterocycles. The molecular weight excluding hydrogens is 171 g/mol. The monoisotopic (exact) mass is 181 g/mol. The van der Waals surface area contributed by atoms with Crippen LogP contribution in [0.25, 0.3) is 0 Å². The predicted octanol–water partition coefficient (Wildman–Crippen LogP) is 0.772. The molecule has 51 valence electrons. The van der Waals surface area contributed by atoms with E-state index in [4.69, 9.17) is 0 Å². The van der Waals surface area contributed by atoms with Gasteiger partial charge in [-0.1, -0.05) is 6.07 Å². The summed E-state index contributed by atoms with van der Waals surface area (Å²) in [6.45, 7) is 3.86. The van der Waals surface area contributed by atoms with Crippen LogP contribution in [0.3, 0.4) is 0 Å². The Hall–Kier alpha value is 0.877. The molecule has 0 aromatic carbocycles. The maximum Gasteiger partial charge on any atom is 0.224 e. The average molecular weight is 181 g/mol. The first kappa shape index (κ1) is 10.9. The second-order valence-corrected chi connectivity index (χ2v) is 7.50. The van der Waals surface area contributed by atoms with Crippen molar-refractivity contribution < 1.29 is 4.80 Å². The first-order chi connectivity index (χ1) is 4.11. The fourth-order valence-corrected chi connectivity index (χ4v) is 2.95. The Labute approximate surface area is 88.5 Å². The van der Waals surface area contributed by atoms with Crippen LogP contribution >= 0.6 is 11.3 Å². The summed E-state index contributed by atoms with van der Waals surface area (Å²) >= 11 is 1.64. The molecule has 0 atom stereocenters. The summed E-state index contributed by atoms with van der Waals surface area (Å²) in [5.74, 6) is 0. The summed E-state index contributed by atoms with van der Waals surface area (Å²) in [6, 6.07) is 3.97. The third kappa shape index (κ3) is 2.86. The van der Waals surface area contributed by atoms with E-state index in [-0.39, 0.29) is 29.6 Å². The van der Waals surface area contributed by atoms with Crippen LogP contribution in [0.15, 0.2) is 17.5 Å². The van der Waals surface area contributed by atoms with Gasteiger partial charge >= 0.3 is 0 Å². The first-order valence-electron chi connectivity index (χ1n) is 2.87. The molecule has 0 fully saturated rings. The number of rotatable bonds is 1. The maximum atomic E-state index is 9.53. The Kier molecular flexibility index (Phi) is 4.40. The molecule has 0 spiro atoms. The molecule has 0 aliphatic carbocycles. The zero-order chi connectivity index (χ0) is 6.91. The summed E-state index contributed by atoms with van der Waals surface area (Å²) < 4.78 is 1.16. The van der Waals surface area contributed by atoms with Gasteiger partial charge in [0.1, 0.15) is 0 Å². The number of hydrogen-bond donors (Lipinski definition) is 1. The van der Waals surface area contributed by atoms with Crippen LogP contribution in [0.4, 0.5) is 0 Å². The van der Waals surface area contributed by atoms with E-state index in [0.717, 1.165) is 4.50 Å². The third-order valence-corrected chi connectivity index (χ3v) is 5.03. The first-order valence-corrected chi connectivity index (χ1v) is 6.70. The van der Waals surface area contributed by atoms with Crippen molar-refractivity contribution in [2.75, 3.05) is 0 Å². The molecule has 1 nitrogen and oxygen atoms in total. The van der Waals surface area contributed by atoms with Crippen LogP contribution in [-0.4, -0.2) is 42.7 Å². The van der Waals surface area contributed by atoms with Crippen LogP contribution in [0.2, 0.25) is 13.1 Å². The molecular formula is C6H10NaOSSi. The van der Waals surface area contributed by atoms with E-state index in [2.05, 4.69) is 0 Å². The van der Waals surface area contributed by atoms with Crippen molar-refractivity contribution in [2.45, 2.75) is 13.1 Å². The van der Waals surface area contributed by atoms with Crippen molar-refractivity contribution in [3.8, 4) is 0 Å². The van der Waals surface area contributed by atoms with Crippen molar-refractivity contribution in [1.82, 2.24) is 0 Å². The van der Waals surface area contributed by atoms with Crippen LogP contribution in [-0.2, 0) is 0 Å². The molecule has 1 aromatic heterocycles. The largest absolute Gasteiger partial charge is 0.427 e. The maximum absolute atomic E-state index is 9.53. The van der Waals surface area contributed by atoms with Gasteiger partial charge in [-0.25, -0.2) is 0 Å². The van der Waals surface area contributed by atoms with E-state index in [9.17, 15) is 4.80 Å². The van der Waals surface area contributed by atoms with E-state index >= 15 is 0 Å². The SMILES string of the molecule is C[Si](C)(O)c1cccs1.[Na]. The van der Waals surface area contributed by atoms with Gasteiger partial charge in [-0.3, -0.25) is 0 Å². The molecule has 10 heavy (non-hydrogen) atoms. The molecule has 0 bridgehead atoms. The Bertz CT molecular complexity index is 180. The normalized spacial score (nSPS) is 10.7. The summed E-state index contributed by atoms with van der Waals surface area (Å²) in [4.78, 5) is 9.53. The van der Waals surface area contributed by atoms with Gasteiger partial charge < -0.3 is 4.80 Å². The molecule has 1 heterocycles. The minimum atomic E-state index is -1.96. The molecule has 1 radical (unpaired) electrons. The van der Waals surface area contributed by atoms with Gasteiger partial charge in [-0.05, 0) is 24.5 Å². The van der Waals surface area contributed by atoms with Crippen LogP contribution in [0.5, 0.6) is 0 Å². The minimum Gasteiger partial charge on any atom is -0.427 e. The van der Waals surface area contributed by atoms with Gasteiger partial charge in [0.15, 0.2) is 0 Å². The van der Waals surface area contributed by atoms with Crippen molar-refractivity contribution in [2.24, 2.45) is 0 Å². The van der Waals surface area contributed by atoms with Gasteiger partial charge in [0.2, 0.25) is 8.32 Å². The topological polar surface area (TPSA) is 20.2 Å². The van der Waals surface area contributed by atoms with E-state index < -0.39 is 8.32 Å². The van der Waals surface area contributed by atoms with Crippen molar-refractivity contribution in [1.29, 1.82) is 0 Å². The average Bonchev–Trinajstić information content (AvgIpc) is 2.08. The molecule has 0 unspecified atom stereocenters. The molecule has 0 saturated heterocycles. The van der Waals surface area contributed by atoms with Crippen molar-refractivity contribution >= 4 is 53.7 Å². The zero-order valence-electron chi connectivity index (χ0n) is 6.59. The van der Waals surface area contributed by atoms with Crippen molar-refractivity contribution in [3.05, 3.63) is 17.5 Å². The van der Waals surface area contributed by atoms with Gasteiger partial charge in [0.05, 0.1) is 0 Å². The summed E-state index contributed by atoms with van der Waals surface area (Å²) in [7, 11) is -1.96. The molecule has 1 rings (SSSR count). The molecule has 0 aliphatic rings. The Balaban J connectivity index is 0.000000810. The smallest absolute Gasteiger partial charge is 0.224 e. The van der Waals surface area contributed by atoms with Crippen LogP contribution < -0.4 is 4.50 Å². The second-order valence-electron chi connectivity index (χ2n) is 2.54. The van der Waals surface area contributed by atoms with Gasteiger partial charge in [-0.2, -0.15) is 11.3 Å². The van der Waals surface area contributed by atoms with Crippen LogP contribution in [0.1, 0.15) is 0 Å². The zero-order valence-corrected chi connectivity index (χ0v) is 10.4. The van der Waals surface area contributed by atoms with E-state index in [1.807, 2.05) is 30.6 Å². The number of hydrogen-bond acceptors (Lipinski definition) is 2. The summed E-state index contributed by atoms with van der Waals surface area (Å²) in [6.07, 6.45) is 0. The molecule has 0 saturated carbocycles. The Morgan fingerprint density at radius 3 is 2.30 bits per heavy atom. The quantitative estimate of drug-likeness (QED) is 0.635.